The molecule has 1 amide bonds. The van der Waals surface area contributed by atoms with Gasteiger partial charge in [0.05, 0.1) is 15.1 Å². The predicted octanol–water partition coefficient (Wildman–Crippen LogP) is 3.74. The van der Waals surface area contributed by atoms with Crippen LogP contribution in [0.25, 0.3) is 0 Å². The first-order valence-electron chi connectivity index (χ1n) is 6.59. The van der Waals surface area contributed by atoms with E-state index in [0.717, 1.165) is 0 Å². The average Bonchev–Trinajstić information content (AvgIpc) is 2.48. The molecule has 0 fully saturated rings. The molecule has 1 aromatic rings. The van der Waals surface area contributed by atoms with Crippen LogP contribution in [0.4, 0.5) is 0 Å². The van der Waals surface area contributed by atoms with Gasteiger partial charge < -0.3 is 15.2 Å². The van der Waals surface area contributed by atoms with Crippen LogP contribution in [0, 0.1) is 0 Å². The number of hydrogen-bond acceptors (Lipinski definition) is 4. The Balaban J connectivity index is 2.73. The Kier molecular flexibility index (Phi) is 8.33. The lowest BCUT2D eigenvalue weighted by Gasteiger charge is -2.19. The molecule has 0 saturated carbocycles. The van der Waals surface area contributed by atoms with Crippen molar-refractivity contribution in [2.75, 3.05) is 12.0 Å². The molecule has 2 unspecified atom stereocenters. The molecule has 5 nitrogen and oxygen atoms in total. The van der Waals surface area contributed by atoms with Crippen LogP contribution in [0.1, 0.15) is 13.3 Å². The summed E-state index contributed by atoms with van der Waals surface area (Å²) in [6.07, 6.45) is 1.24. The first-order valence-corrected chi connectivity index (χ1v) is 9.12. The van der Waals surface area contributed by atoms with E-state index in [2.05, 4.69) is 5.32 Å². The summed E-state index contributed by atoms with van der Waals surface area (Å²) in [4.78, 5) is 23.2. The van der Waals surface area contributed by atoms with E-state index < -0.39 is 24.0 Å². The van der Waals surface area contributed by atoms with E-state index in [1.165, 1.54) is 30.8 Å². The minimum Gasteiger partial charge on any atom is -0.480 e. The van der Waals surface area contributed by atoms with Crippen molar-refractivity contribution < 1.29 is 19.4 Å². The van der Waals surface area contributed by atoms with Gasteiger partial charge in [-0.1, -0.05) is 34.8 Å². The summed E-state index contributed by atoms with van der Waals surface area (Å²) in [7, 11) is 0. The van der Waals surface area contributed by atoms with Crippen LogP contribution in [0.15, 0.2) is 12.1 Å². The summed E-state index contributed by atoms with van der Waals surface area (Å²) in [5.41, 5.74) is 0. The zero-order valence-electron chi connectivity index (χ0n) is 12.4. The molecule has 0 radical (unpaired) electrons. The van der Waals surface area contributed by atoms with Crippen LogP contribution >= 0.6 is 46.6 Å². The molecular formula is C14H16Cl3NO4S. The number of ether oxygens (including phenoxy) is 1. The fourth-order valence-electron chi connectivity index (χ4n) is 1.62. The number of carbonyl (C=O) groups excluding carboxylic acids is 1. The fourth-order valence-corrected chi connectivity index (χ4v) is 2.67. The highest BCUT2D eigenvalue weighted by Crippen LogP contribution is 2.34. The van der Waals surface area contributed by atoms with Crippen molar-refractivity contribution in [2.45, 2.75) is 25.5 Å². The van der Waals surface area contributed by atoms with Gasteiger partial charge in [0.15, 0.2) is 6.10 Å². The number of aliphatic carboxylic acids is 1. The van der Waals surface area contributed by atoms with Gasteiger partial charge in [-0.25, -0.2) is 4.79 Å². The van der Waals surface area contributed by atoms with Crippen molar-refractivity contribution in [1.29, 1.82) is 0 Å². The Bertz CT molecular complexity index is 585. The Morgan fingerprint density at radius 2 is 1.87 bits per heavy atom. The third-order valence-electron chi connectivity index (χ3n) is 2.87. The molecule has 0 heterocycles. The second-order valence-electron chi connectivity index (χ2n) is 4.64. The van der Waals surface area contributed by atoms with Crippen LogP contribution in [0.5, 0.6) is 5.75 Å². The van der Waals surface area contributed by atoms with Crippen molar-refractivity contribution in [3.63, 3.8) is 0 Å². The van der Waals surface area contributed by atoms with Crippen molar-refractivity contribution in [3.05, 3.63) is 27.2 Å². The summed E-state index contributed by atoms with van der Waals surface area (Å²) in [5, 5.41) is 12.3. The molecule has 0 saturated heterocycles. The van der Waals surface area contributed by atoms with Gasteiger partial charge in [-0.3, -0.25) is 4.79 Å². The second kappa shape index (κ2) is 9.47. The zero-order valence-corrected chi connectivity index (χ0v) is 15.5. The number of carbonyl (C=O) groups is 2. The number of amides is 1. The first-order chi connectivity index (χ1) is 10.8. The molecule has 128 valence electrons. The van der Waals surface area contributed by atoms with Gasteiger partial charge in [0.2, 0.25) is 0 Å². The highest BCUT2D eigenvalue weighted by molar-refractivity contribution is 7.98. The van der Waals surface area contributed by atoms with Gasteiger partial charge in [0, 0.05) is 6.07 Å². The maximum absolute atomic E-state index is 12.1. The molecule has 0 aliphatic heterocycles. The van der Waals surface area contributed by atoms with E-state index in [1.807, 2.05) is 6.26 Å². The summed E-state index contributed by atoms with van der Waals surface area (Å²) < 4.78 is 5.44. The predicted molar refractivity (Wildman–Crippen MR) is 94.1 cm³/mol. The van der Waals surface area contributed by atoms with E-state index in [-0.39, 0.29) is 20.8 Å². The molecule has 2 atom stereocenters. The van der Waals surface area contributed by atoms with Gasteiger partial charge in [0.25, 0.3) is 5.91 Å². The molecular weight excluding hydrogens is 385 g/mol. The maximum atomic E-state index is 12.1. The summed E-state index contributed by atoms with van der Waals surface area (Å²) in [5.74, 6) is -0.835. The lowest BCUT2D eigenvalue weighted by molar-refractivity contribution is -0.142. The topological polar surface area (TPSA) is 75.6 Å². The lowest BCUT2D eigenvalue weighted by Crippen LogP contribution is -2.46. The lowest BCUT2D eigenvalue weighted by atomic mass is 10.2. The highest BCUT2D eigenvalue weighted by Gasteiger charge is 2.24. The number of nitrogens with one attached hydrogen (secondary N) is 1. The number of thioether (sulfide) groups is 1. The third-order valence-corrected chi connectivity index (χ3v) is 4.53. The Hall–Kier alpha value is -0.820. The molecule has 0 aliphatic carbocycles. The average molecular weight is 401 g/mol. The summed E-state index contributed by atoms with van der Waals surface area (Å²) in [6, 6.07) is 1.84. The molecule has 0 aromatic heterocycles. The molecule has 9 heteroatoms. The minimum atomic E-state index is -1.09. The number of benzene rings is 1. The van der Waals surface area contributed by atoms with E-state index >= 15 is 0 Å². The Morgan fingerprint density at radius 1 is 1.26 bits per heavy atom. The number of rotatable bonds is 8. The Morgan fingerprint density at radius 3 is 2.43 bits per heavy atom. The maximum Gasteiger partial charge on any atom is 0.326 e. The van der Waals surface area contributed by atoms with Crippen LogP contribution in [0.3, 0.4) is 0 Å². The third kappa shape index (κ3) is 6.30. The molecule has 0 spiro atoms. The van der Waals surface area contributed by atoms with Gasteiger partial charge in [-0.15, -0.1) is 0 Å². The zero-order chi connectivity index (χ0) is 17.6. The van der Waals surface area contributed by atoms with E-state index in [4.69, 9.17) is 44.6 Å². The highest BCUT2D eigenvalue weighted by atomic mass is 35.5. The smallest absolute Gasteiger partial charge is 0.326 e. The van der Waals surface area contributed by atoms with Gasteiger partial charge >= 0.3 is 5.97 Å². The second-order valence-corrected chi connectivity index (χ2v) is 6.84. The van der Waals surface area contributed by atoms with Crippen molar-refractivity contribution in [1.82, 2.24) is 5.32 Å². The monoisotopic (exact) mass is 399 g/mol. The van der Waals surface area contributed by atoms with E-state index in [1.54, 1.807) is 0 Å². The number of halogens is 3. The molecule has 1 aromatic carbocycles. The SMILES string of the molecule is CSCCC(NC(=O)C(C)Oc1cc(Cl)c(Cl)cc1Cl)C(=O)O. The van der Waals surface area contributed by atoms with Crippen LogP contribution in [0.2, 0.25) is 15.1 Å². The van der Waals surface area contributed by atoms with E-state index in [0.29, 0.717) is 12.2 Å². The molecule has 0 bridgehead atoms. The number of carboxylic acids is 1. The molecule has 1 rings (SSSR count). The quantitative estimate of drug-likeness (QED) is 0.650. The van der Waals surface area contributed by atoms with Gasteiger partial charge in [-0.2, -0.15) is 11.8 Å². The van der Waals surface area contributed by atoms with Crippen molar-refractivity contribution >= 4 is 58.4 Å². The van der Waals surface area contributed by atoms with Crippen molar-refractivity contribution in [3.8, 4) is 5.75 Å². The van der Waals surface area contributed by atoms with Crippen LogP contribution in [-0.4, -0.2) is 41.1 Å². The molecule has 0 aliphatic rings. The standard InChI is InChI=1S/C14H16Cl3NO4S/c1-7(13(19)18-11(14(20)21)3-4-23-2)22-12-6-9(16)8(15)5-10(12)17/h5-7,11H,3-4H2,1-2H3,(H,18,19)(H,20,21). The normalized spacial score (nSPS) is 13.3. The first kappa shape index (κ1) is 20.2. The van der Waals surface area contributed by atoms with E-state index in [9.17, 15) is 9.59 Å². The van der Waals surface area contributed by atoms with Crippen molar-refractivity contribution in [2.24, 2.45) is 0 Å². The van der Waals surface area contributed by atoms with Crippen LogP contribution < -0.4 is 10.1 Å². The molecule has 2 N–H and O–H groups in total. The van der Waals surface area contributed by atoms with Gasteiger partial charge in [-0.05, 0) is 31.4 Å². The van der Waals surface area contributed by atoms with Crippen LogP contribution in [-0.2, 0) is 9.59 Å². The number of hydrogen-bond donors (Lipinski definition) is 2. The largest absolute Gasteiger partial charge is 0.480 e. The summed E-state index contributed by atoms with van der Waals surface area (Å²) in [6.45, 7) is 1.49. The summed E-state index contributed by atoms with van der Waals surface area (Å²) >= 11 is 19.2. The Labute approximate surface area is 153 Å². The number of carboxylic acid groups (broad SMARTS) is 1. The molecule has 23 heavy (non-hydrogen) atoms. The van der Waals surface area contributed by atoms with Gasteiger partial charge in [0.1, 0.15) is 11.8 Å². The fraction of sp³-hybridized carbons (Fsp3) is 0.429. The minimum absolute atomic E-state index is 0.194.